The van der Waals surface area contributed by atoms with Crippen LogP contribution in [0.15, 0.2) is 0 Å². The number of nitrogens with one attached hydrogen (secondary N) is 1. The summed E-state index contributed by atoms with van der Waals surface area (Å²) in [6.45, 7) is 5.50. The standard InChI is InChI=1S/C14H33NO7S2Si/c1-13(15-12-22-14(2,3)11-24(16,17)18)10-23-8-7-9-25(19-4,20-5)21-6/h13,15H,7-12H2,1-6H3,(H,16,17,18). The Morgan fingerprint density at radius 1 is 1.20 bits per heavy atom. The van der Waals surface area contributed by atoms with Gasteiger partial charge in [0.05, 0.1) is 12.3 Å². The van der Waals surface area contributed by atoms with E-state index in [1.165, 1.54) is 0 Å². The van der Waals surface area contributed by atoms with Crippen LogP contribution in [-0.4, -0.2) is 78.7 Å². The van der Waals surface area contributed by atoms with E-state index in [9.17, 15) is 8.42 Å². The highest BCUT2D eigenvalue weighted by Crippen LogP contribution is 2.17. The van der Waals surface area contributed by atoms with E-state index in [1.807, 2.05) is 6.92 Å². The van der Waals surface area contributed by atoms with E-state index in [2.05, 4.69) is 5.32 Å². The van der Waals surface area contributed by atoms with Crippen molar-refractivity contribution in [1.29, 1.82) is 0 Å². The third kappa shape index (κ3) is 12.3. The first kappa shape index (κ1) is 25.3. The maximum atomic E-state index is 10.9. The Hall–Kier alpha value is 0.277. The fourth-order valence-electron chi connectivity index (χ4n) is 2.13. The molecule has 152 valence electrons. The number of rotatable bonds is 15. The van der Waals surface area contributed by atoms with Gasteiger partial charge in [0.2, 0.25) is 0 Å². The van der Waals surface area contributed by atoms with Crippen LogP contribution in [0.3, 0.4) is 0 Å². The van der Waals surface area contributed by atoms with Gasteiger partial charge in [0, 0.05) is 39.2 Å². The molecular formula is C14H33NO7S2Si. The first-order valence-corrected chi connectivity index (χ1v) is 12.7. The lowest BCUT2D eigenvalue weighted by atomic mass is 10.2. The number of thioether (sulfide) groups is 1. The zero-order chi connectivity index (χ0) is 19.6. The molecule has 0 heterocycles. The average molecular weight is 420 g/mol. The number of hydrogen-bond donors (Lipinski definition) is 2. The van der Waals surface area contributed by atoms with Crippen LogP contribution in [-0.2, 0) is 28.1 Å². The van der Waals surface area contributed by atoms with Crippen molar-refractivity contribution in [3.05, 3.63) is 0 Å². The Balaban J connectivity index is 3.90. The van der Waals surface area contributed by atoms with Gasteiger partial charge in [0.25, 0.3) is 10.1 Å². The van der Waals surface area contributed by atoms with Gasteiger partial charge in [-0.15, -0.1) is 0 Å². The molecule has 1 unspecified atom stereocenters. The minimum Gasteiger partial charge on any atom is -0.377 e. The molecule has 0 aromatic heterocycles. The molecule has 0 aliphatic rings. The highest BCUT2D eigenvalue weighted by molar-refractivity contribution is 7.99. The zero-order valence-electron chi connectivity index (χ0n) is 16.0. The summed E-state index contributed by atoms with van der Waals surface area (Å²) in [6.07, 6.45) is 0.941. The molecule has 11 heteroatoms. The Bertz CT molecular complexity index is 450. The maximum Gasteiger partial charge on any atom is 0.500 e. The Kier molecular flexibility index (Phi) is 12.0. The van der Waals surface area contributed by atoms with Gasteiger partial charge in [-0.2, -0.15) is 20.2 Å². The molecule has 0 fully saturated rings. The van der Waals surface area contributed by atoms with Gasteiger partial charge >= 0.3 is 8.80 Å². The maximum absolute atomic E-state index is 10.9. The third-order valence-corrected chi connectivity index (χ3v) is 8.70. The molecule has 0 spiro atoms. The lowest BCUT2D eigenvalue weighted by Crippen LogP contribution is -2.42. The van der Waals surface area contributed by atoms with Crippen molar-refractivity contribution in [3.8, 4) is 0 Å². The van der Waals surface area contributed by atoms with Gasteiger partial charge in [-0.3, -0.25) is 9.87 Å². The van der Waals surface area contributed by atoms with Crippen molar-refractivity contribution in [2.45, 2.75) is 44.9 Å². The number of ether oxygens (including phenoxy) is 1. The van der Waals surface area contributed by atoms with Crippen LogP contribution in [0.1, 0.15) is 27.2 Å². The molecule has 0 aromatic rings. The topological polar surface area (TPSA) is 103 Å². The molecule has 0 aliphatic heterocycles. The minimum absolute atomic E-state index is 0.209. The molecule has 0 saturated carbocycles. The molecule has 0 radical (unpaired) electrons. The lowest BCUT2D eigenvalue weighted by Gasteiger charge is -2.25. The molecule has 2 N–H and O–H groups in total. The lowest BCUT2D eigenvalue weighted by molar-refractivity contribution is -0.0139. The van der Waals surface area contributed by atoms with E-state index in [4.69, 9.17) is 22.6 Å². The summed E-state index contributed by atoms with van der Waals surface area (Å²) in [7, 11) is -1.69. The predicted octanol–water partition coefficient (Wildman–Crippen LogP) is 1.61. The summed E-state index contributed by atoms with van der Waals surface area (Å²) in [6, 6.07) is 0.985. The first-order chi connectivity index (χ1) is 11.5. The van der Waals surface area contributed by atoms with Crippen LogP contribution in [0.5, 0.6) is 0 Å². The van der Waals surface area contributed by atoms with Crippen LogP contribution in [0, 0.1) is 0 Å². The Morgan fingerprint density at radius 3 is 2.24 bits per heavy atom. The van der Waals surface area contributed by atoms with Gasteiger partial charge in [0.15, 0.2) is 0 Å². The second-order valence-electron chi connectivity index (χ2n) is 6.35. The summed E-state index contributed by atoms with van der Waals surface area (Å²) < 4.78 is 52.3. The van der Waals surface area contributed by atoms with Gasteiger partial charge in [-0.1, -0.05) is 0 Å². The molecule has 0 saturated heterocycles. The Morgan fingerprint density at radius 2 is 1.76 bits per heavy atom. The highest BCUT2D eigenvalue weighted by Gasteiger charge is 2.36. The average Bonchev–Trinajstić information content (AvgIpc) is 2.49. The fraction of sp³-hybridized carbons (Fsp3) is 1.00. The van der Waals surface area contributed by atoms with Crippen LogP contribution < -0.4 is 5.32 Å². The summed E-state index contributed by atoms with van der Waals surface area (Å²) in [5, 5.41) is 3.18. The molecule has 0 aliphatic carbocycles. The van der Waals surface area contributed by atoms with Gasteiger partial charge < -0.3 is 18.0 Å². The van der Waals surface area contributed by atoms with Gasteiger partial charge in [-0.05, 0) is 32.9 Å². The second-order valence-corrected chi connectivity index (χ2v) is 12.0. The SMILES string of the molecule is CO[Si](CCCSCC(C)NCOC(C)(C)CS(=O)(=O)O)(OC)OC. The monoisotopic (exact) mass is 419 g/mol. The van der Waals surface area contributed by atoms with Crippen LogP contribution in [0.25, 0.3) is 0 Å². The van der Waals surface area contributed by atoms with E-state index in [-0.39, 0.29) is 12.8 Å². The van der Waals surface area contributed by atoms with Gasteiger partial charge in [-0.25, -0.2) is 0 Å². The number of hydrogen-bond acceptors (Lipinski definition) is 8. The fourth-order valence-corrected chi connectivity index (χ4v) is 6.05. The van der Waals surface area contributed by atoms with Crippen molar-refractivity contribution in [2.24, 2.45) is 0 Å². The summed E-state index contributed by atoms with van der Waals surface area (Å²) in [4.78, 5) is 0. The normalized spacial score (nSPS) is 14.7. The van der Waals surface area contributed by atoms with E-state index in [0.717, 1.165) is 24.0 Å². The van der Waals surface area contributed by atoms with Gasteiger partial charge in [0.1, 0.15) is 5.75 Å². The van der Waals surface area contributed by atoms with Crippen LogP contribution >= 0.6 is 11.8 Å². The Labute approximate surface area is 157 Å². The molecule has 0 rings (SSSR count). The quantitative estimate of drug-likeness (QED) is 0.177. The molecule has 1 atom stereocenters. The molecule has 0 bridgehead atoms. The van der Waals surface area contributed by atoms with Crippen molar-refractivity contribution >= 4 is 30.7 Å². The predicted molar refractivity (Wildman–Crippen MR) is 103 cm³/mol. The van der Waals surface area contributed by atoms with E-state index < -0.39 is 30.3 Å². The molecule has 0 amide bonds. The largest absolute Gasteiger partial charge is 0.500 e. The van der Waals surface area contributed by atoms with Crippen molar-refractivity contribution in [1.82, 2.24) is 5.32 Å². The highest BCUT2D eigenvalue weighted by atomic mass is 32.2. The van der Waals surface area contributed by atoms with E-state index in [1.54, 1.807) is 46.9 Å². The van der Waals surface area contributed by atoms with Crippen LogP contribution in [0.4, 0.5) is 0 Å². The minimum atomic E-state index is -4.06. The van der Waals surface area contributed by atoms with E-state index in [0.29, 0.717) is 0 Å². The van der Waals surface area contributed by atoms with Crippen molar-refractivity contribution in [3.63, 3.8) is 0 Å². The second kappa shape index (κ2) is 11.9. The van der Waals surface area contributed by atoms with Crippen molar-refractivity contribution in [2.75, 3.05) is 45.3 Å². The van der Waals surface area contributed by atoms with Crippen molar-refractivity contribution < 1.29 is 31.0 Å². The summed E-state index contributed by atoms with van der Waals surface area (Å²) in [5.74, 6) is 1.42. The zero-order valence-corrected chi connectivity index (χ0v) is 18.7. The molecule has 8 nitrogen and oxygen atoms in total. The molecule has 25 heavy (non-hydrogen) atoms. The van der Waals surface area contributed by atoms with Crippen LogP contribution in [0.2, 0.25) is 6.04 Å². The third-order valence-electron chi connectivity index (χ3n) is 3.50. The smallest absolute Gasteiger partial charge is 0.377 e. The summed E-state index contributed by atoms with van der Waals surface area (Å²) >= 11 is 1.80. The molecule has 0 aromatic carbocycles. The summed E-state index contributed by atoms with van der Waals surface area (Å²) in [5.41, 5.74) is -0.943. The first-order valence-electron chi connectivity index (χ1n) is 8.05. The molecular weight excluding hydrogens is 386 g/mol. The van der Waals surface area contributed by atoms with E-state index >= 15 is 0 Å².